The SMILES string of the molecule is O=C(CN1CCCC1C(O)(c1ccccc1)c1ccccc1)Nc1ccc(C(=O)c2ccccc2)cc1. The number of nitrogens with one attached hydrogen (secondary N) is 1. The van der Waals surface area contributed by atoms with Gasteiger partial charge in [-0.05, 0) is 54.8 Å². The van der Waals surface area contributed by atoms with Gasteiger partial charge in [-0.15, -0.1) is 0 Å². The lowest BCUT2D eigenvalue weighted by molar-refractivity contribution is -0.118. The predicted octanol–water partition coefficient (Wildman–Crippen LogP) is 5.26. The zero-order valence-electron chi connectivity index (χ0n) is 20.6. The van der Waals surface area contributed by atoms with Gasteiger partial charge in [0, 0.05) is 22.9 Å². The fourth-order valence-electron chi connectivity index (χ4n) is 5.27. The highest BCUT2D eigenvalue weighted by Gasteiger charge is 2.45. The number of hydrogen-bond donors (Lipinski definition) is 2. The van der Waals surface area contributed by atoms with Crippen LogP contribution in [0.25, 0.3) is 0 Å². The molecule has 1 aliphatic heterocycles. The van der Waals surface area contributed by atoms with E-state index in [0.717, 1.165) is 30.5 Å². The predicted molar refractivity (Wildman–Crippen MR) is 145 cm³/mol. The van der Waals surface area contributed by atoms with Crippen LogP contribution in [-0.4, -0.2) is 40.8 Å². The maximum atomic E-state index is 13.1. The summed E-state index contributed by atoms with van der Waals surface area (Å²) in [6.07, 6.45) is 1.68. The summed E-state index contributed by atoms with van der Waals surface area (Å²) >= 11 is 0. The summed E-state index contributed by atoms with van der Waals surface area (Å²) < 4.78 is 0. The minimum Gasteiger partial charge on any atom is -0.379 e. The van der Waals surface area contributed by atoms with E-state index in [0.29, 0.717) is 16.8 Å². The molecule has 186 valence electrons. The zero-order valence-corrected chi connectivity index (χ0v) is 20.6. The van der Waals surface area contributed by atoms with Crippen molar-refractivity contribution in [1.29, 1.82) is 0 Å². The molecule has 5 nitrogen and oxygen atoms in total. The minimum atomic E-state index is -1.24. The molecule has 2 N–H and O–H groups in total. The number of carbonyl (C=O) groups is 2. The summed E-state index contributed by atoms with van der Waals surface area (Å²) in [6, 6.07) is 35.2. The van der Waals surface area contributed by atoms with Gasteiger partial charge >= 0.3 is 0 Å². The Labute approximate surface area is 217 Å². The van der Waals surface area contributed by atoms with E-state index in [4.69, 9.17) is 0 Å². The van der Waals surface area contributed by atoms with Crippen molar-refractivity contribution in [2.75, 3.05) is 18.4 Å². The second kappa shape index (κ2) is 10.9. The van der Waals surface area contributed by atoms with Crippen LogP contribution in [0, 0.1) is 0 Å². The molecule has 1 aliphatic rings. The molecular weight excluding hydrogens is 460 g/mol. The van der Waals surface area contributed by atoms with E-state index < -0.39 is 5.60 Å². The van der Waals surface area contributed by atoms with Gasteiger partial charge in [-0.25, -0.2) is 0 Å². The fraction of sp³-hybridized carbons (Fsp3) is 0.188. The van der Waals surface area contributed by atoms with Crippen LogP contribution < -0.4 is 5.32 Å². The van der Waals surface area contributed by atoms with Crippen molar-refractivity contribution < 1.29 is 14.7 Å². The van der Waals surface area contributed by atoms with Gasteiger partial charge in [-0.2, -0.15) is 0 Å². The van der Waals surface area contributed by atoms with Crippen LogP contribution in [0.5, 0.6) is 0 Å². The molecule has 0 bridgehead atoms. The van der Waals surface area contributed by atoms with Crippen LogP contribution in [0.15, 0.2) is 115 Å². The summed E-state index contributed by atoms with van der Waals surface area (Å²) in [5, 5.41) is 15.2. The van der Waals surface area contributed by atoms with Crippen LogP contribution in [0.3, 0.4) is 0 Å². The molecule has 5 rings (SSSR count). The third-order valence-electron chi connectivity index (χ3n) is 7.09. The van der Waals surface area contributed by atoms with Crippen molar-refractivity contribution in [1.82, 2.24) is 4.90 Å². The molecule has 0 spiro atoms. The average molecular weight is 491 g/mol. The van der Waals surface area contributed by atoms with Crippen LogP contribution >= 0.6 is 0 Å². The monoisotopic (exact) mass is 490 g/mol. The van der Waals surface area contributed by atoms with Crippen molar-refractivity contribution >= 4 is 17.4 Å². The normalized spacial score (nSPS) is 15.9. The highest BCUT2D eigenvalue weighted by molar-refractivity contribution is 6.09. The van der Waals surface area contributed by atoms with Gasteiger partial charge < -0.3 is 10.4 Å². The van der Waals surface area contributed by atoms with Crippen LogP contribution in [0.2, 0.25) is 0 Å². The number of benzene rings is 4. The number of hydrogen-bond acceptors (Lipinski definition) is 4. The van der Waals surface area contributed by atoms with Crippen LogP contribution in [0.1, 0.15) is 39.9 Å². The average Bonchev–Trinajstić information content (AvgIpc) is 3.42. The molecule has 1 atom stereocenters. The summed E-state index contributed by atoms with van der Waals surface area (Å²) in [5.41, 5.74) is 2.23. The highest BCUT2D eigenvalue weighted by atomic mass is 16.3. The number of carbonyl (C=O) groups excluding carboxylic acids is 2. The van der Waals surface area contributed by atoms with Crippen molar-refractivity contribution in [2.45, 2.75) is 24.5 Å². The summed E-state index contributed by atoms with van der Waals surface area (Å²) in [4.78, 5) is 27.8. The number of rotatable bonds is 8. The van der Waals surface area contributed by atoms with Gasteiger partial charge in [-0.3, -0.25) is 14.5 Å². The second-order valence-corrected chi connectivity index (χ2v) is 9.45. The fourth-order valence-corrected chi connectivity index (χ4v) is 5.27. The summed E-state index contributed by atoms with van der Waals surface area (Å²) in [6.45, 7) is 0.891. The Bertz CT molecular complexity index is 1300. The van der Waals surface area contributed by atoms with Gasteiger partial charge in [0.2, 0.25) is 5.91 Å². The maximum absolute atomic E-state index is 13.1. The second-order valence-electron chi connectivity index (χ2n) is 9.45. The lowest BCUT2D eigenvalue weighted by Gasteiger charge is -2.40. The van der Waals surface area contributed by atoms with E-state index in [-0.39, 0.29) is 24.3 Å². The smallest absolute Gasteiger partial charge is 0.238 e. The molecule has 1 amide bonds. The molecule has 1 saturated heterocycles. The maximum Gasteiger partial charge on any atom is 0.238 e. The van der Waals surface area contributed by atoms with E-state index in [1.54, 1.807) is 36.4 Å². The largest absolute Gasteiger partial charge is 0.379 e. The lowest BCUT2D eigenvalue weighted by Crippen LogP contribution is -2.50. The first-order chi connectivity index (χ1) is 18.1. The molecular formula is C32H30N2O3. The number of likely N-dealkylation sites (tertiary alicyclic amines) is 1. The molecule has 0 radical (unpaired) electrons. The standard InChI is InChI=1S/C32H30N2O3/c35-30(33-28-20-18-25(19-21-28)31(36)24-11-4-1-5-12-24)23-34-22-10-17-29(34)32(37,26-13-6-2-7-14-26)27-15-8-3-9-16-27/h1-9,11-16,18-21,29,37H,10,17,22-23H2,(H,33,35). The van der Waals surface area contributed by atoms with Crippen LogP contribution in [0.4, 0.5) is 5.69 Å². The first-order valence-corrected chi connectivity index (χ1v) is 12.6. The molecule has 0 aliphatic carbocycles. The Morgan fingerprint density at radius 1 is 0.757 bits per heavy atom. The molecule has 37 heavy (non-hydrogen) atoms. The van der Waals surface area contributed by atoms with Crippen molar-refractivity contribution in [3.05, 3.63) is 138 Å². The Morgan fingerprint density at radius 2 is 1.27 bits per heavy atom. The number of ketones is 1. The van der Waals surface area contributed by atoms with Crippen molar-refractivity contribution in [3.63, 3.8) is 0 Å². The molecule has 4 aromatic carbocycles. The molecule has 1 fully saturated rings. The third-order valence-corrected chi connectivity index (χ3v) is 7.09. The summed E-state index contributed by atoms with van der Waals surface area (Å²) in [5.74, 6) is -0.211. The Balaban J connectivity index is 1.30. The third kappa shape index (κ3) is 5.24. The van der Waals surface area contributed by atoms with E-state index >= 15 is 0 Å². The van der Waals surface area contributed by atoms with Gasteiger partial charge in [0.05, 0.1) is 6.54 Å². The minimum absolute atomic E-state index is 0.0560. The van der Waals surface area contributed by atoms with E-state index in [2.05, 4.69) is 10.2 Å². The number of amides is 1. The zero-order chi connectivity index (χ0) is 25.7. The molecule has 0 saturated carbocycles. The van der Waals surface area contributed by atoms with Gasteiger partial charge in [0.15, 0.2) is 5.78 Å². The molecule has 5 heteroatoms. The van der Waals surface area contributed by atoms with Gasteiger partial charge in [0.25, 0.3) is 0 Å². The number of nitrogens with zero attached hydrogens (tertiary/aromatic N) is 1. The topological polar surface area (TPSA) is 69.6 Å². The van der Waals surface area contributed by atoms with E-state index in [9.17, 15) is 14.7 Å². The first kappa shape index (κ1) is 24.6. The molecule has 1 unspecified atom stereocenters. The number of anilines is 1. The first-order valence-electron chi connectivity index (χ1n) is 12.6. The molecule has 4 aromatic rings. The summed E-state index contributed by atoms with van der Waals surface area (Å²) in [7, 11) is 0. The Kier molecular flexibility index (Phi) is 7.26. The van der Waals surface area contributed by atoms with Gasteiger partial charge in [-0.1, -0.05) is 91.0 Å². The molecule has 0 aromatic heterocycles. The van der Waals surface area contributed by atoms with E-state index in [1.165, 1.54) is 0 Å². The Hall–Kier alpha value is -4.06. The quantitative estimate of drug-likeness (QED) is 0.331. The number of aliphatic hydroxyl groups is 1. The Morgan fingerprint density at radius 3 is 1.84 bits per heavy atom. The van der Waals surface area contributed by atoms with E-state index in [1.807, 2.05) is 78.9 Å². The highest BCUT2D eigenvalue weighted by Crippen LogP contribution is 2.40. The lowest BCUT2D eigenvalue weighted by atomic mass is 9.79. The molecule has 1 heterocycles. The van der Waals surface area contributed by atoms with Crippen molar-refractivity contribution in [2.24, 2.45) is 0 Å². The van der Waals surface area contributed by atoms with Gasteiger partial charge in [0.1, 0.15) is 5.60 Å². The van der Waals surface area contributed by atoms with Crippen molar-refractivity contribution in [3.8, 4) is 0 Å². The van der Waals surface area contributed by atoms with Crippen LogP contribution in [-0.2, 0) is 10.4 Å².